The average Bonchev–Trinajstić information content (AvgIpc) is 3.18. The fraction of sp³-hybridized carbons (Fsp3) is 0.304. The van der Waals surface area contributed by atoms with Crippen LogP contribution in [0.25, 0.3) is 0 Å². The molecule has 1 aromatic carbocycles. The van der Waals surface area contributed by atoms with E-state index in [1.807, 2.05) is 20.8 Å². The van der Waals surface area contributed by atoms with Gasteiger partial charge in [0.2, 0.25) is 5.95 Å². The van der Waals surface area contributed by atoms with Gasteiger partial charge in [-0.25, -0.2) is 14.2 Å². The van der Waals surface area contributed by atoms with E-state index < -0.39 is 11.9 Å². The number of anilines is 2. The maximum Gasteiger partial charge on any atom is 0.415 e. The van der Waals surface area contributed by atoms with Crippen LogP contribution in [0.1, 0.15) is 32.4 Å². The third kappa shape index (κ3) is 4.61. The average molecular weight is 437 g/mol. The van der Waals surface area contributed by atoms with E-state index in [4.69, 9.17) is 9.47 Å². The lowest BCUT2D eigenvalue weighted by Gasteiger charge is -2.23. The van der Waals surface area contributed by atoms with Crippen molar-refractivity contribution >= 4 is 17.9 Å². The highest BCUT2D eigenvalue weighted by Crippen LogP contribution is 2.29. The number of nitrogens with zero attached hydrogens (tertiary/aromatic N) is 4. The number of hydrogen-bond acceptors (Lipinski definition) is 7. The molecule has 2 aromatic heterocycles. The minimum Gasteiger partial charge on any atom is -0.453 e. The summed E-state index contributed by atoms with van der Waals surface area (Å²) < 4.78 is 25.3. The van der Waals surface area contributed by atoms with E-state index >= 15 is 0 Å². The molecule has 3 heterocycles. The molecule has 9 heteroatoms. The Hall–Kier alpha value is -3.75. The molecule has 1 aliphatic heterocycles. The summed E-state index contributed by atoms with van der Waals surface area (Å²) in [4.78, 5) is 26.4. The number of carbonyl (C=O) groups is 1. The molecule has 0 bridgehead atoms. The zero-order valence-electron chi connectivity index (χ0n) is 18.0. The molecule has 0 saturated carbocycles. The third-order valence-corrected chi connectivity index (χ3v) is 5.23. The maximum absolute atomic E-state index is 14.6. The first-order valence-corrected chi connectivity index (χ1v) is 10.4. The van der Waals surface area contributed by atoms with E-state index in [0.29, 0.717) is 29.7 Å². The van der Waals surface area contributed by atoms with Crippen LogP contribution in [0, 0.1) is 11.7 Å². The van der Waals surface area contributed by atoms with Crippen LogP contribution in [0.4, 0.5) is 21.0 Å². The molecular weight excluding hydrogens is 413 g/mol. The van der Waals surface area contributed by atoms with Gasteiger partial charge in [-0.05, 0) is 48.7 Å². The number of carbonyl (C=O) groups excluding carboxylic acids is 1. The van der Waals surface area contributed by atoms with Crippen LogP contribution in [0.15, 0.2) is 55.0 Å². The van der Waals surface area contributed by atoms with Crippen molar-refractivity contribution < 1.29 is 18.7 Å². The van der Waals surface area contributed by atoms with Crippen LogP contribution in [0.5, 0.6) is 11.5 Å². The second-order valence-electron chi connectivity index (χ2n) is 7.84. The summed E-state index contributed by atoms with van der Waals surface area (Å²) in [6.45, 7) is 6.25. The Morgan fingerprint density at radius 3 is 2.78 bits per heavy atom. The number of halogens is 1. The molecule has 1 saturated heterocycles. The van der Waals surface area contributed by atoms with Gasteiger partial charge < -0.3 is 14.8 Å². The molecule has 2 atom stereocenters. The van der Waals surface area contributed by atoms with Gasteiger partial charge in [0.15, 0.2) is 11.6 Å². The second-order valence-corrected chi connectivity index (χ2v) is 7.84. The predicted molar refractivity (Wildman–Crippen MR) is 117 cm³/mol. The van der Waals surface area contributed by atoms with Gasteiger partial charge in [0, 0.05) is 12.4 Å². The smallest absolute Gasteiger partial charge is 0.415 e. The van der Waals surface area contributed by atoms with E-state index in [-0.39, 0.29) is 23.8 Å². The quantitative estimate of drug-likeness (QED) is 0.559. The molecular formula is C23H24FN5O3. The fourth-order valence-corrected chi connectivity index (χ4v) is 3.42. The van der Waals surface area contributed by atoms with Crippen LogP contribution >= 0.6 is 0 Å². The number of benzene rings is 1. The minimum absolute atomic E-state index is 0.0934. The predicted octanol–water partition coefficient (Wildman–Crippen LogP) is 4.96. The number of amides is 1. The van der Waals surface area contributed by atoms with Crippen molar-refractivity contribution in [3.8, 4) is 11.5 Å². The number of rotatable bonds is 7. The topological polar surface area (TPSA) is 89.5 Å². The molecule has 1 N–H and O–H groups in total. The molecule has 3 aromatic rings. The van der Waals surface area contributed by atoms with Crippen LogP contribution in [0.2, 0.25) is 0 Å². The molecule has 1 aliphatic rings. The SMILES string of the molecule is CC(C)C1COC(=O)N1c1ccnc(N[C@@H](C)c2ccc(Oc3cccnc3)c(F)c2)n1. The van der Waals surface area contributed by atoms with E-state index in [2.05, 4.69) is 20.3 Å². The number of cyclic esters (lactones) is 1. The molecule has 4 rings (SSSR count). The number of ether oxygens (including phenoxy) is 2. The lowest BCUT2D eigenvalue weighted by Crippen LogP contribution is -2.37. The first kappa shape index (κ1) is 21.5. The van der Waals surface area contributed by atoms with Crippen molar-refractivity contribution in [2.75, 3.05) is 16.8 Å². The Morgan fingerprint density at radius 2 is 2.06 bits per heavy atom. The Labute approximate surface area is 185 Å². The summed E-state index contributed by atoms with van der Waals surface area (Å²) in [6, 6.07) is 9.44. The van der Waals surface area contributed by atoms with Crippen molar-refractivity contribution in [1.82, 2.24) is 15.0 Å². The Balaban J connectivity index is 1.48. The van der Waals surface area contributed by atoms with Crippen LogP contribution < -0.4 is 15.0 Å². The highest BCUT2D eigenvalue weighted by atomic mass is 19.1. The van der Waals surface area contributed by atoms with Crippen LogP contribution in [-0.2, 0) is 4.74 Å². The van der Waals surface area contributed by atoms with Gasteiger partial charge in [0.1, 0.15) is 18.2 Å². The van der Waals surface area contributed by atoms with E-state index in [1.54, 1.807) is 47.6 Å². The normalized spacial score (nSPS) is 16.7. The van der Waals surface area contributed by atoms with Gasteiger partial charge in [-0.15, -0.1) is 0 Å². The zero-order chi connectivity index (χ0) is 22.7. The molecule has 0 radical (unpaired) electrons. The highest BCUT2D eigenvalue weighted by molar-refractivity contribution is 5.89. The largest absolute Gasteiger partial charge is 0.453 e. The molecule has 1 fully saturated rings. The van der Waals surface area contributed by atoms with Crippen LogP contribution in [0.3, 0.4) is 0 Å². The summed E-state index contributed by atoms with van der Waals surface area (Å²) in [5, 5.41) is 3.16. The Kier molecular flexibility index (Phi) is 6.16. The van der Waals surface area contributed by atoms with Gasteiger partial charge in [0.05, 0.1) is 18.3 Å². The summed E-state index contributed by atoms with van der Waals surface area (Å²) in [7, 11) is 0. The van der Waals surface area contributed by atoms with Gasteiger partial charge in [-0.3, -0.25) is 9.88 Å². The number of aromatic nitrogens is 3. The number of hydrogen-bond donors (Lipinski definition) is 1. The van der Waals surface area contributed by atoms with Gasteiger partial charge in [-0.1, -0.05) is 19.9 Å². The second kappa shape index (κ2) is 9.17. The van der Waals surface area contributed by atoms with Gasteiger partial charge in [0.25, 0.3) is 0 Å². The number of pyridine rings is 1. The third-order valence-electron chi connectivity index (χ3n) is 5.23. The van der Waals surface area contributed by atoms with Crippen molar-refractivity contribution in [1.29, 1.82) is 0 Å². The Bertz CT molecular complexity index is 1100. The maximum atomic E-state index is 14.6. The monoisotopic (exact) mass is 437 g/mol. The van der Waals surface area contributed by atoms with Crippen LogP contribution in [-0.4, -0.2) is 33.7 Å². The molecule has 166 valence electrons. The minimum atomic E-state index is -0.491. The van der Waals surface area contributed by atoms with E-state index in [1.165, 1.54) is 12.3 Å². The summed E-state index contributed by atoms with van der Waals surface area (Å²) >= 11 is 0. The molecule has 1 amide bonds. The lowest BCUT2D eigenvalue weighted by molar-refractivity contribution is 0.177. The number of nitrogens with one attached hydrogen (secondary N) is 1. The molecule has 1 unspecified atom stereocenters. The molecule has 8 nitrogen and oxygen atoms in total. The summed E-state index contributed by atoms with van der Waals surface area (Å²) in [5.74, 6) is 1.07. The van der Waals surface area contributed by atoms with Crippen molar-refractivity contribution in [2.45, 2.75) is 32.9 Å². The first-order chi connectivity index (χ1) is 15.4. The van der Waals surface area contributed by atoms with E-state index in [9.17, 15) is 9.18 Å². The summed E-state index contributed by atoms with van der Waals surface area (Å²) in [5.41, 5.74) is 0.690. The lowest BCUT2D eigenvalue weighted by atomic mass is 10.0. The first-order valence-electron chi connectivity index (χ1n) is 10.4. The van der Waals surface area contributed by atoms with Crippen molar-refractivity contribution in [3.05, 3.63) is 66.4 Å². The molecule has 0 spiro atoms. The van der Waals surface area contributed by atoms with Gasteiger partial charge >= 0.3 is 6.09 Å². The van der Waals surface area contributed by atoms with Crippen molar-refractivity contribution in [3.63, 3.8) is 0 Å². The van der Waals surface area contributed by atoms with E-state index in [0.717, 1.165) is 0 Å². The zero-order valence-corrected chi connectivity index (χ0v) is 18.0. The standard InChI is InChI=1S/C23H24FN5O3/c1-14(2)19-13-31-23(30)29(19)21-8-10-26-22(28-21)27-15(3)16-6-7-20(18(24)11-16)32-17-5-4-9-25-12-17/h4-12,14-15,19H,13H2,1-3H3,(H,26,27,28)/t15-,19?/m0/s1. The summed E-state index contributed by atoms with van der Waals surface area (Å²) in [6.07, 6.45) is 4.28. The highest BCUT2D eigenvalue weighted by Gasteiger charge is 2.37. The van der Waals surface area contributed by atoms with Gasteiger partial charge in [-0.2, -0.15) is 4.98 Å². The molecule has 32 heavy (non-hydrogen) atoms. The fourth-order valence-electron chi connectivity index (χ4n) is 3.42. The molecule has 0 aliphatic carbocycles. The Morgan fingerprint density at radius 1 is 1.22 bits per heavy atom. The van der Waals surface area contributed by atoms with Crippen molar-refractivity contribution in [2.24, 2.45) is 5.92 Å².